The van der Waals surface area contributed by atoms with Gasteiger partial charge < -0.3 is 16.0 Å². The van der Waals surface area contributed by atoms with E-state index in [0.717, 1.165) is 36.6 Å². The number of nitrogens with zero attached hydrogens (tertiary/aromatic N) is 1. The first-order valence-electron chi connectivity index (χ1n) is 7.80. The van der Waals surface area contributed by atoms with E-state index in [-0.39, 0.29) is 11.9 Å². The zero-order valence-electron chi connectivity index (χ0n) is 12.8. The van der Waals surface area contributed by atoms with Gasteiger partial charge in [0.25, 0.3) is 5.91 Å². The molecule has 4 nitrogen and oxygen atoms in total. The third-order valence-corrected chi connectivity index (χ3v) is 4.47. The van der Waals surface area contributed by atoms with Crippen molar-refractivity contribution in [2.24, 2.45) is 0 Å². The maximum atomic E-state index is 12.4. The first kappa shape index (κ1) is 15.7. The minimum Gasteiger partial charge on any atom is -0.398 e. The van der Waals surface area contributed by atoms with E-state index in [1.807, 2.05) is 36.4 Å². The second-order valence-electron chi connectivity index (χ2n) is 5.80. The van der Waals surface area contributed by atoms with Crippen molar-refractivity contribution < 1.29 is 4.79 Å². The van der Waals surface area contributed by atoms with Crippen LogP contribution in [0.25, 0.3) is 0 Å². The highest BCUT2D eigenvalue weighted by Crippen LogP contribution is 2.27. The predicted octanol–water partition coefficient (Wildman–Crippen LogP) is 3.32. The molecule has 0 aliphatic carbocycles. The summed E-state index contributed by atoms with van der Waals surface area (Å²) in [4.78, 5) is 14.6. The predicted molar refractivity (Wildman–Crippen MR) is 95.0 cm³/mol. The van der Waals surface area contributed by atoms with Gasteiger partial charge in [0.1, 0.15) is 0 Å². The van der Waals surface area contributed by atoms with E-state index in [1.165, 1.54) is 0 Å². The van der Waals surface area contributed by atoms with Gasteiger partial charge in [-0.25, -0.2) is 0 Å². The lowest BCUT2D eigenvalue weighted by Gasteiger charge is -2.35. The SMILES string of the molecule is Nc1ccccc1C(=O)NC1CCCN(c2ccccc2Cl)C1. The molecule has 2 aromatic rings. The summed E-state index contributed by atoms with van der Waals surface area (Å²) >= 11 is 6.28. The Balaban J connectivity index is 1.69. The van der Waals surface area contributed by atoms with Crippen molar-refractivity contribution in [1.29, 1.82) is 0 Å². The van der Waals surface area contributed by atoms with Crippen LogP contribution in [0.3, 0.4) is 0 Å². The van der Waals surface area contributed by atoms with Gasteiger partial charge in [0, 0.05) is 24.8 Å². The highest BCUT2D eigenvalue weighted by atomic mass is 35.5. The fourth-order valence-corrected chi connectivity index (χ4v) is 3.24. The molecule has 1 atom stereocenters. The molecule has 3 N–H and O–H groups in total. The largest absolute Gasteiger partial charge is 0.398 e. The molecule has 5 heteroatoms. The van der Waals surface area contributed by atoms with E-state index < -0.39 is 0 Å². The van der Waals surface area contributed by atoms with Gasteiger partial charge in [-0.2, -0.15) is 0 Å². The van der Waals surface area contributed by atoms with Gasteiger partial charge in [-0.15, -0.1) is 0 Å². The van der Waals surface area contributed by atoms with Crippen molar-refractivity contribution in [2.75, 3.05) is 23.7 Å². The first-order chi connectivity index (χ1) is 11.1. The van der Waals surface area contributed by atoms with Crippen LogP contribution in [-0.4, -0.2) is 25.0 Å². The number of benzene rings is 2. The van der Waals surface area contributed by atoms with E-state index >= 15 is 0 Å². The number of rotatable bonds is 3. The molecule has 1 amide bonds. The molecule has 0 spiro atoms. The number of para-hydroxylation sites is 2. The highest BCUT2D eigenvalue weighted by Gasteiger charge is 2.23. The van der Waals surface area contributed by atoms with Gasteiger partial charge in [-0.3, -0.25) is 4.79 Å². The van der Waals surface area contributed by atoms with Crippen LogP contribution in [0.2, 0.25) is 5.02 Å². The van der Waals surface area contributed by atoms with Gasteiger partial charge in [0.15, 0.2) is 0 Å². The fourth-order valence-electron chi connectivity index (χ4n) is 2.99. The Morgan fingerprint density at radius 1 is 1.17 bits per heavy atom. The van der Waals surface area contributed by atoms with Gasteiger partial charge in [-0.1, -0.05) is 35.9 Å². The van der Waals surface area contributed by atoms with Gasteiger partial charge >= 0.3 is 0 Å². The molecule has 1 saturated heterocycles. The van der Waals surface area contributed by atoms with Crippen LogP contribution in [0.5, 0.6) is 0 Å². The summed E-state index contributed by atoms with van der Waals surface area (Å²) in [6.07, 6.45) is 1.97. The van der Waals surface area contributed by atoms with Crippen molar-refractivity contribution in [2.45, 2.75) is 18.9 Å². The van der Waals surface area contributed by atoms with Gasteiger partial charge in [-0.05, 0) is 37.1 Å². The summed E-state index contributed by atoms with van der Waals surface area (Å²) in [6, 6.07) is 15.0. The normalized spacial score (nSPS) is 17.8. The summed E-state index contributed by atoms with van der Waals surface area (Å²) in [5, 5.41) is 3.83. The smallest absolute Gasteiger partial charge is 0.253 e. The van der Waals surface area contributed by atoms with Crippen LogP contribution in [0.4, 0.5) is 11.4 Å². The Morgan fingerprint density at radius 2 is 1.91 bits per heavy atom. The molecule has 0 bridgehead atoms. The molecule has 3 rings (SSSR count). The van der Waals surface area contributed by atoms with Gasteiger partial charge in [0.2, 0.25) is 0 Å². The number of nitrogens with one attached hydrogen (secondary N) is 1. The average Bonchev–Trinajstić information content (AvgIpc) is 2.56. The quantitative estimate of drug-likeness (QED) is 0.849. The lowest BCUT2D eigenvalue weighted by Crippen LogP contribution is -2.48. The third kappa shape index (κ3) is 3.59. The highest BCUT2D eigenvalue weighted by molar-refractivity contribution is 6.33. The topological polar surface area (TPSA) is 58.4 Å². The average molecular weight is 330 g/mol. The molecule has 1 unspecified atom stereocenters. The van der Waals surface area contributed by atoms with Crippen molar-refractivity contribution in [1.82, 2.24) is 5.32 Å². The lowest BCUT2D eigenvalue weighted by atomic mass is 10.0. The van der Waals surface area contributed by atoms with Crippen LogP contribution >= 0.6 is 11.6 Å². The molecule has 120 valence electrons. The molecule has 23 heavy (non-hydrogen) atoms. The standard InChI is InChI=1S/C18H20ClN3O/c19-15-8-2-4-10-17(15)22-11-5-6-13(12-22)21-18(23)14-7-1-3-9-16(14)20/h1-4,7-10,13H,5-6,11-12,20H2,(H,21,23). The molecule has 1 aliphatic heterocycles. The number of amides is 1. The summed E-state index contributed by atoms with van der Waals surface area (Å²) < 4.78 is 0. The van der Waals surface area contributed by atoms with Crippen LogP contribution in [0, 0.1) is 0 Å². The molecule has 0 saturated carbocycles. The molecule has 1 heterocycles. The van der Waals surface area contributed by atoms with E-state index in [1.54, 1.807) is 12.1 Å². The number of nitrogens with two attached hydrogens (primary N) is 1. The monoisotopic (exact) mass is 329 g/mol. The van der Waals surface area contributed by atoms with Crippen molar-refractivity contribution in [3.05, 3.63) is 59.1 Å². The van der Waals surface area contributed by atoms with E-state index in [0.29, 0.717) is 11.3 Å². The number of hydrogen-bond acceptors (Lipinski definition) is 3. The minimum absolute atomic E-state index is 0.0899. The number of piperidine rings is 1. The number of carbonyl (C=O) groups excluding carboxylic acids is 1. The molecule has 1 fully saturated rings. The number of anilines is 2. The fraction of sp³-hybridized carbons (Fsp3) is 0.278. The van der Waals surface area contributed by atoms with Crippen molar-refractivity contribution >= 4 is 28.9 Å². The zero-order chi connectivity index (χ0) is 16.2. The zero-order valence-corrected chi connectivity index (χ0v) is 13.6. The molecule has 0 aromatic heterocycles. The molecular formula is C18H20ClN3O. The van der Waals surface area contributed by atoms with Gasteiger partial charge in [0.05, 0.1) is 16.3 Å². The summed E-state index contributed by atoms with van der Waals surface area (Å²) in [6.45, 7) is 1.70. The Morgan fingerprint density at radius 3 is 2.70 bits per heavy atom. The van der Waals surface area contributed by atoms with E-state index in [4.69, 9.17) is 17.3 Å². The summed E-state index contributed by atoms with van der Waals surface area (Å²) in [5.74, 6) is -0.117. The van der Waals surface area contributed by atoms with Crippen LogP contribution in [0.1, 0.15) is 23.2 Å². The van der Waals surface area contributed by atoms with Crippen LogP contribution in [-0.2, 0) is 0 Å². The van der Waals surface area contributed by atoms with E-state index in [2.05, 4.69) is 10.2 Å². The number of carbonyl (C=O) groups is 1. The molecule has 2 aromatic carbocycles. The van der Waals surface area contributed by atoms with Crippen molar-refractivity contribution in [3.8, 4) is 0 Å². The maximum absolute atomic E-state index is 12.4. The second kappa shape index (κ2) is 6.92. The Hall–Kier alpha value is -2.20. The second-order valence-corrected chi connectivity index (χ2v) is 6.20. The Bertz CT molecular complexity index is 704. The summed E-state index contributed by atoms with van der Waals surface area (Å²) in [7, 11) is 0. The van der Waals surface area contributed by atoms with Crippen LogP contribution in [0.15, 0.2) is 48.5 Å². The molecule has 0 radical (unpaired) electrons. The van der Waals surface area contributed by atoms with Crippen LogP contribution < -0.4 is 16.0 Å². The third-order valence-electron chi connectivity index (χ3n) is 4.16. The lowest BCUT2D eigenvalue weighted by molar-refractivity contribution is 0.0934. The van der Waals surface area contributed by atoms with Crippen molar-refractivity contribution in [3.63, 3.8) is 0 Å². The molecular weight excluding hydrogens is 310 g/mol. The Kier molecular flexibility index (Phi) is 4.72. The number of hydrogen-bond donors (Lipinski definition) is 2. The van der Waals surface area contributed by atoms with E-state index in [9.17, 15) is 4.79 Å². The number of nitrogen functional groups attached to an aromatic ring is 1. The minimum atomic E-state index is -0.117. The molecule has 1 aliphatic rings. The Labute approximate surface area is 141 Å². The summed E-state index contributed by atoms with van der Waals surface area (Å²) in [5.41, 5.74) is 7.93. The number of halogens is 1. The maximum Gasteiger partial charge on any atom is 0.253 e. The first-order valence-corrected chi connectivity index (χ1v) is 8.18.